The smallest absolute Gasteiger partial charge is 0.261 e. The van der Waals surface area contributed by atoms with Gasteiger partial charge in [-0.15, -0.1) is 0 Å². The summed E-state index contributed by atoms with van der Waals surface area (Å²) in [5.41, 5.74) is 6.48. The normalized spacial score (nSPS) is 10.9. The molecule has 0 radical (unpaired) electrons. The summed E-state index contributed by atoms with van der Waals surface area (Å²) in [4.78, 5) is 11.7. The highest BCUT2D eigenvalue weighted by Crippen LogP contribution is 2.02. The number of carbonyl (C=O) groups is 1. The van der Waals surface area contributed by atoms with Crippen molar-refractivity contribution in [1.29, 1.82) is 0 Å². The van der Waals surface area contributed by atoms with Gasteiger partial charge in [0.25, 0.3) is 5.91 Å². The molecular formula is C15H18N4O. The van der Waals surface area contributed by atoms with Crippen molar-refractivity contribution >= 4 is 12.1 Å². The highest BCUT2D eigenvalue weighted by Gasteiger charge is 2.05. The fourth-order valence-corrected chi connectivity index (χ4v) is 1.94. The number of amides is 1. The van der Waals surface area contributed by atoms with E-state index < -0.39 is 0 Å². The Morgan fingerprint density at radius 3 is 2.80 bits per heavy atom. The minimum atomic E-state index is -0.194. The van der Waals surface area contributed by atoms with Gasteiger partial charge >= 0.3 is 0 Å². The molecule has 2 aromatic rings. The molecule has 0 aliphatic rings. The first-order valence-corrected chi connectivity index (χ1v) is 6.44. The van der Waals surface area contributed by atoms with E-state index in [1.54, 1.807) is 10.9 Å². The monoisotopic (exact) mass is 270 g/mol. The summed E-state index contributed by atoms with van der Waals surface area (Å²) in [5, 5.41) is 8.18. The van der Waals surface area contributed by atoms with Crippen LogP contribution in [0.5, 0.6) is 0 Å². The van der Waals surface area contributed by atoms with Crippen LogP contribution in [0.1, 0.15) is 22.5 Å². The molecule has 0 saturated carbocycles. The summed E-state index contributed by atoms with van der Waals surface area (Å²) < 4.78 is 1.66. The average molecular weight is 270 g/mol. The molecule has 0 aliphatic carbocycles. The lowest BCUT2D eigenvalue weighted by molar-refractivity contribution is -0.121. The number of rotatable bonds is 4. The predicted octanol–water partition coefficient (Wildman–Crippen LogP) is 1.96. The molecule has 0 bridgehead atoms. The molecule has 0 unspecified atom stereocenters. The van der Waals surface area contributed by atoms with Gasteiger partial charge in [0.05, 0.1) is 11.9 Å². The molecule has 20 heavy (non-hydrogen) atoms. The number of nitrogens with zero attached hydrogens (tertiary/aromatic N) is 3. The quantitative estimate of drug-likeness (QED) is 0.682. The van der Waals surface area contributed by atoms with Gasteiger partial charge in [-0.25, -0.2) is 5.43 Å². The Morgan fingerprint density at radius 1 is 1.35 bits per heavy atom. The van der Waals surface area contributed by atoms with Crippen LogP contribution in [0.15, 0.2) is 35.4 Å². The first-order valence-electron chi connectivity index (χ1n) is 6.44. The van der Waals surface area contributed by atoms with E-state index in [-0.39, 0.29) is 12.5 Å². The number of nitrogens with one attached hydrogen (secondary N) is 1. The first-order chi connectivity index (χ1) is 9.54. The van der Waals surface area contributed by atoms with E-state index in [1.807, 2.05) is 51.1 Å². The number of carbonyl (C=O) groups excluding carboxylic acids is 1. The Morgan fingerprint density at radius 2 is 2.15 bits per heavy atom. The minimum Gasteiger partial charge on any atom is -0.271 e. The van der Waals surface area contributed by atoms with Crippen molar-refractivity contribution in [3.8, 4) is 0 Å². The Bertz CT molecular complexity index is 643. The van der Waals surface area contributed by atoms with Gasteiger partial charge in [-0.05, 0) is 32.4 Å². The minimum absolute atomic E-state index is 0.171. The summed E-state index contributed by atoms with van der Waals surface area (Å²) in [6.07, 6.45) is 1.63. The number of hydrogen-bond donors (Lipinski definition) is 1. The van der Waals surface area contributed by atoms with Crippen molar-refractivity contribution in [2.75, 3.05) is 0 Å². The largest absolute Gasteiger partial charge is 0.271 e. The molecule has 1 aromatic carbocycles. The zero-order valence-electron chi connectivity index (χ0n) is 11.9. The SMILES string of the molecule is Cc1cccc(C=NNC(=O)Cn2nc(C)cc2C)c1. The van der Waals surface area contributed by atoms with Crippen molar-refractivity contribution < 1.29 is 4.79 Å². The van der Waals surface area contributed by atoms with E-state index in [1.165, 1.54) is 0 Å². The zero-order valence-corrected chi connectivity index (χ0v) is 11.9. The Balaban J connectivity index is 1.91. The van der Waals surface area contributed by atoms with Crippen molar-refractivity contribution in [1.82, 2.24) is 15.2 Å². The Labute approximate surface area is 118 Å². The van der Waals surface area contributed by atoms with Crippen LogP contribution in [0.3, 0.4) is 0 Å². The third-order valence-electron chi connectivity index (χ3n) is 2.84. The van der Waals surface area contributed by atoms with Gasteiger partial charge < -0.3 is 0 Å². The van der Waals surface area contributed by atoms with Crippen LogP contribution in [-0.2, 0) is 11.3 Å². The second-order valence-corrected chi connectivity index (χ2v) is 4.79. The molecule has 1 aromatic heterocycles. The third-order valence-corrected chi connectivity index (χ3v) is 2.84. The van der Waals surface area contributed by atoms with Gasteiger partial charge in [0.1, 0.15) is 6.54 Å². The summed E-state index contributed by atoms with van der Waals surface area (Å²) >= 11 is 0. The molecule has 0 saturated heterocycles. The molecule has 5 nitrogen and oxygen atoms in total. The standard InChI is InChI=1S/C15H18N4O/c1-11-5-4-6-14(7-11)9-16-17-15(20)10-19-13(3)8-12(2)18-19/h4-9H,10H2,1-3H3,(H,17,20). The fourth-order valence-electron chi connectivity index (χ4n) is 1.94. The molecule has 2 rings (SSSR count). The van der Waals surface area contributed by atoms with E-state index in [9.17, 15) is 4.79 Å². The third kappa shape index (κ3) is 3.78. The second-order valence-electron chi connectivity index (χ2n) is 4.79. The van der Waals surface area contributed by atoms with E-state index in [0.717, 1.165) is 22.5 Å². The Kier molecular flexibility index (Phi) is 4.30. The zero-order chi connectivity index (χ0) is 14.5. The lowest BCUT2D eigenvalue weighted by Crippen LogP contribution is -2.24. The predicted molar refractivity (Wildman–Crippen MR) is 78.6 cm³/mol. The van der Waals surface area contributed by atoms with Gasteiger partial charge in [0.15, 0.2) is 0 Å². The molecule has 0 aliphatic heterocycles. The van der Waals surface area contributed by atoms with Gasteiger partial charge in [-0.3, -0.25) is 9.48 Å². The first kappa shape index (κ1) is 14.0. The van der Waals surface area contributed by atoms with E-state index in [2.05, 4.69) is 15.6 Å². The van der Waals surface area contributed by atoms with Crippen LogP contribution >= 0.6 is 0 Å². The number of hydrogen-bond acceptors (Lipinski definition) is 3. The molecule has 1 heterocycles. The maximum Gasteiger partial charge on any atom is 0.261 e. The number of hydrazone groups is 1. The lowest BCUT2D eigenvalue weighted by Gasteiger charge is -2.02. The molecule has 104 valence electrons. The van der Waals surface area contributed by atoms with Crippen LogP contribution in [-0.4, -0.2) is 21.9 Å². The number of benzene rings is 1. The lowest BCUT2D eigenvalue weighted by atomic mass is 10.2. The molecule has 5 heteroatoms. The van der Waals surface area contributed by atoms with Crippen LogP contribution in [0, 0.1) is 20.8 Å². The van der Waals surface area contributed by atoms with Crippen LogP contribution < -0.4 is 5.43 Å². The average Bonchev–Trinajstić information content (AvgIpc) is 2.68. The maximum absolute atomic E-state index is 11.7. The summed E-state index contributed by atoms with van der Waals surface area (Å²) in [6.45, 7) is 6.00. The Hall–Kier alpha value is -2.43. The van der Waals surface area contributed by atoms with E-state index in [4.69, 9.17) is 0 Å². The topological polar surface area (TPSA) is 59.3 Å². The molecule has 1 amide bonds. The molecule has 0 spiro atoms. The number of aromatic nitrogens is 2. The van der Waals surface area contributed by atoms with Crippen molar-refractivity contribution in [2.45, 2.75) is 27.3 Å². The van der Waals surface area contributed by atoms with E-state index in [0.29, 0.717) is 0 Å². The van der Waals surface area contributed by atoms with Gasteiger partial charge in [-0.2, -0.15) is 10.2 Å². The maximum atomic E-state index is 11.7. The number of aryl methyl sites for hydroxylation is 3. The summed E-state index contributed by atoms with van der Waals surface area (Å²) in [6, 6.07) is 9.83. The molecule has 0 atom stereocenters. The van der Waals surface area contributed by atoms with Gasteiger partial charge in [-0.1, -0.05) is 29.8 Å². The molecule has 1 N–H and O–H groups in total. The van der Waals surface area contributed by atoms with Gasteiger partial charge in [0, 0.05) is 5.69 Å². The summed E-state index contributed by atoms with van der Waals surface area (Å²) in [7, 11) is 0. The highest BCUT2D eigenvalue weighted by molar-refractivity contribution is 5.82. The van der Waals surface area contributed by atoms with Gasteiger partial charge in [0.2, 0.25) is 0 Å². The van der Waals surface area contributed by atoms with Crippen LogP contribution in [0.2, 0.25) is 0 Å². The van der Waals surface area contributed by atoms with Crippen molar-refractivity contribution in [2.24, 2.45) is 5.10 Å². The molecule has 0 fully saturated rings. The fraction of sp³-hybridized carbons (Fsp3) is 0.267. The highest BCUT2D eigenvalue weighted by atomic mass is 16.2. The van der Waals surface area contributed by atoms with E-state index >= 15 is 0 Å². The van der Waals surface area contributed by atoms with Crippen LogP contribution in [0.4, 0.5) is 0 Å². The van der Waals surface area contributed by atoms with Crippen LogP contribution in [0.25, 0.3) is 0 Å². The van der Waals surface area contributed by atoms with Crippen molar-refractivity contribution in [3.63, 3.8) is 0 Å². The van der Waals surface area contributed by atoms with Crippen molar-refractivity contribution in [3.05, 3.63) is 52.8 Å². The second kappa shape index (κ2) is 6.14. The molecular weight excluding hydrogens is 252 g/mol. The summed E-state index contributed by atoms with van der Waals surface area (Å²) in [5.74, 6) is -0.194.